The van der Waals surface area contributed by atoms with Gasteiger partial charge < -0.3 is 5.32 Å². The normalized spacial score (nSPS) is 11.9. The maximum atomic E-state index is 11.9. The molecule has 1 heterocycles. The van der Waals surface area contributed by atoms with Gasteiger partial charge in [0.2, 0.25) is 5.91 Å². The van der Waals surface area contributed by atoms with Crippen molar-refractivity contribution in [2.75, 3.05) is 0 Å². The highest BCUT2D eigenvalue weighted by molar-refractivity contribution is 6.30. The van der Waals surface area contributed by atoms with Gasteiger partial charge in [-0.05, 0) is 24.1 Å². The second-order valence-electron chi connectivity index (χ2n) is 4.30. The molecule has 1 aromatic carbocycles. The van der Waals surface area contributed by atoms with Crippen molar-refractivity contribution in [1.82, 2.24) is 10.3 Å². The zero-order valence-corrected chi connectivity index (χ0v) is 11.4. The molecule has 1 unspecified atom stereocenters. The number of alkyl halides is 1. The van der Waals surface area contributed by atoms with Crippen LogP contribution in [-0.2, 0) is 11.3 Å². The molecular formula is C15H15ClN2O. The number of benzene rings is 1. The number of nitrogens with one attached hydrogen (secondary N) is 1. The van der Waals surface area contributed by atoms with Crippen LogP contribution in [0.2, 0.25) is 0 Å². The first-order valence-electron chi connectivity index (χ1n) is 6.05. The zero-order valence-electron chi connectivity index (χ0n) is 10.6. The van der Waals surface area contributed by atoms with Crippen LogP contribution in [0.3, 0.4) is 0 Å². The Morgan fingerprint density at radius 1 is 1.26 bits per heavy atom. The van der Waals surface area contributed by atoms with E-state index in [4.69, 9.17) is 11.6 Å². The average Bonchev–Trinajstić information content (AvgIpc) is 2.46. The van der Waals surface area contributed by atoms with Gasteiger partial charge in [0.25, 0.3) is 0 Å². The standard InChI is InChI=1S/C15H15ClN2O/c1-11-7-8-12(9-17-11)10-18-15(19)14(16)13-5-3-2-4-6-13/h2-9,14H,10H2,1H3,(H,18,19). The smallest absolute Gasteiger partial charge is 0.242 e. The van der Waals surface area contributed by atoms with Crippen LogP contribution in [0.25, 0.3) is 0 Å². The number of aryl methyl sites for hydroxylation is 1. The van der Waals surface area contributed by atoms with Crippen molar-refractivity contribution in [3.05, 3.63) is 65.5 Å². The van der Waals surface area contributed by atoms with Crippen molar-refractivity contribution in [3.8, 4) is 0 Å². The third-order valence-electron chi connectivity index (χ3n) is 2.76. The Bertz CT molecular complexity index is 540. The van der Waals surface area contributed by atoms with Gasteiger partial charge in [-0.15, -0.1) is 11.6 Å². The van der Waals surface area contributed by atoms with Crippen LogP contribution in [0.1, 0.15) is 22.2 Å². The Labute approximate surface area is 117 Å². The number of rotatable bonds is 4. The van der Waals surface area contributed by atoms with Crippen LogP contribution in [-0.4, -0.2) is 10.9 Å². The fourth-order valence-electron chi connectivity index (χ4n) is 1.66. The van der Waals surface area contributed by atoms with E-state index in [1.165, 1.54) is 0 Å². The van der Waals surface area contributed by atoms with Crippen molar-refractivity contribution in [2.45, 2.75) is 18.8 Å². The molecule has 1 aromatic heterocycles. The largest absolute Gasteiger partial charge is 0.350 e. The number of amides is 1. The van der Waals surface area contributed by atoms with Gasteiger partial charge in [-0.2, -0.15) is 0 Å². The first kappa shape index (κ1) is 13.6. The van der Waals surface area contributed by atoms with Gasteiger partial charge in [0, 0.05) is 18.4 Å². The van der Waals surface area contributed by atoms with Crippen LogP contribution in [0.4, 0.5) is 0 Å². The lowest BCUT2D eigenvalue weighted by Gasteiger charge is -2.10. The molecule has 2 aromatic rings. The molecule has 0 radical (unpaired) electrons. The first-order chi connectivity index (χ1) is 9.16. The molecule has 0 saturated heterocycles. The summed E-state index contributed by atoms with van der Waals surface area (Å²) in [6.45, 7) is 2.36. The molecule has 2 rings (SSSR count). The first-order valence-corrected chi connectivity index (χ1v) is 6.49. The second-order valence-corrected chi connectivity index (χ2v) is 4.74. The van der Waals surface area contributed by atoms with E-state index in [1.807, 2.05) is 49.4 Å². The summed E-state index contributed by atoms with van der Waals surface area (Å²) in [5.41, 5.74) is 2.70. The average molecular weight is 275 g/mol. The molecule has 4 heteroatoms. The molecule has 1 atom stereocenters. The number of hydrogen-bond acceptors (Lipinski definition) is 2. The minimum atomic E-state index is -0.667. The van der Waals surface area contributed by atoms with Gasteiger partial charge in [0.05, 0.1) is 0 Å². The molecule has 0 aliphatic carbocycles. The minimum Gasteiger partial charge on any atom is -0.350 e. The Morgan fingerprint density at radius 2 is 2.00 bits per heavy atom. The van der Waals surface area contributed by atoms with Gasteiger partial charge in [-0.25, -0.2) is 0 Å². The summed E-state index contributed by atoms with van der Waals surface area (Å²) in [5.74, 6) is -0.201. The third-order valence-corrected chi connectivity index (χ3v) is 3.21. The molecule has 1 amide bonds. The molecule has 19 heavy (non-hydrogen) atoms. The van der Waals surface area contributed by atoms with E-state index in [0.29, 0.717) is 6.54 Å². The van der Waals surface area contributed by atoms with E-state index < -0.39 is 5.38 Å². The third kappa shape index (κ3) is 3.80. The van der Waals surface area contributed by atoms with Gasteiger partial charge in [0.15, 0.2) is 0 Å². The van der Waals surface area contributed by atoms with Crippen molar-refractivity contribution >= 4 is 17.5 Å². The van der Waals surface area contributed by atoms with E-state index in [0.717, 1.165) is 16.8 Å². The lowest BCUT2D eigenvalue weighted by Crippen LogP contribution is -2.26. The molecule has 1 N–H and O–H groups in total. The van der Waals surface area contributed by atoms with Crippen LogP contribution < -0.4 is 5.32 Å². The predicted molar refractivity (Wildman–Crippen MR) is 75.9 cm³/mol. The number of hydrogen-bond donors (Lipinski definition) is 1. The summed E-state index contributed by atoms with van der Waals surface area (Å²) in [5, 5.41) is 2.14. The van der Waals surface area contributed by atoms with E-state index in [2.05, 4.69) is 10.3 Å². The maximum Gasteiger partial charge on any atom is 0.242 e. The van der Waals surface area contributed by atoms with Crippen LogP contribution in [0, 0.1) is 6.92 Å². The van der Waals surface area contributed by atoms with Crippen molar-refractivity contribution < 1.29 is 4.79 Å². The van der Waals surface area contributed by atoms with Crippen molar-refractivity contribution in [1.29, 1.82) is 0 Å². The molecule has 0 aliphatic heterocycles. The highest BCUT2D eigenvalue weighted by atomic mass is 35.5. The molecule has 3 nitrogen and oxygen atoms in total. The minimum absolute atomic E-state index is 0.201. The van der Waals surface area contributed by atoms with E-state index in [1.54, 1.807) is 6.20 Å². The van der Waals surface area contributed by atoms with Crippen molar-refractivity contribution in [3.63, 3.8) is 0 Å². The second kappa shape index (κ2) is 6.34. The summed E-state index contributed by atoms with van der Waals surface area (Å²) in [7, 11) is 0. The predicted octanol–water partition coefficient (Wildman–Crippen LogP) is 2.99. The highest BCUT2D eigenvalue weighted by Crippen LogP contribution is 2.19. The molecule has 0 aliphatic rings. The number of halogens is 1. The Kier molecular flexibility index (Phi) is 4.53. The topological polar surface area (TPSA) is 42.0 Å². The number of aromatic nitrogens is 1. The molecule has 0 bridgehead atoms. The summed E-state index contributed by atoms with van der Waals surface area (Å²) in [4.78, 5) is 16.1. The van der Waals surface area contributed by atoms with Crippen LogP contribution in [0.5, 0.6) is 0 Å². The summed E-state index contributed by atoms with van der Waals surface area (Å²) in [6.07, 6.45) is 1.75. The van der Waals surface area contributed by atoms with Gasteiger partial charge in [-0.3, -0.25) is 9.78 Å². The molecule has 0 spiro atoms. The summed E-state index contributed by atoms with van der Waals surface area (Å²) >= 11 is 6.12. The van der Waals surface area contributed by atoms with Crippen molar-refractivity contribution in [2.24, 2.45) is 0 Å². The zero-order chi connectivity index (χ0) is 13.7. The summed E-state index contributed by atoms with van der Waals surface area (Å²) in [6, 6.07) is 13.1. The summed E-state index contributed by atoms with van der Waals surface area (Å²) < 4.78 is 0. The number of carbonyl (C=O) groups is 1. The SMILES string of the molecule is Cc1ccc(CNC(=O)C(Cl)c2ccccc2)cn1. The van der Waals surface area contributed by atoms with E-state index in [9.17, 15) is 4.79 Å². The lowest BCUT2D eigenvalue weighted by molar-refractivity contribution is -0.121. The quantitative estimate of drug-likeness (QED) is 0.871. The number of pyridine rings is 1. The van der Waals surface area contributed by atoms with E-state index in [-0.39, 0.29) is 5.91 Å². The van der Waals surface area contributed by atoms with Gasteiger partial charge in [0.1, 0.15) is 5.38 Å². The maximum absolute atomic E-state index is 11.9. The molecule has 0 saturated carbocycles. The Morgan fingerprint density at radius 3 is 2.63 bits per heavy atom. The Hall–Kier alpha value is -1.87. The fourth-order valence-corrected chi connectivity index (χ4v) is 1.88. The number of carbonyl (C=O) groups excluding carboxylic acids is 1. The number of nitrogens with zero attached hydrogens (tertiary/aromatic N) is 1. The highest BCUT2D eigenvalue weighted by Gasteiger charge is 2.16. The lowest BCUT2D eigenvalue weighted by atomic mass is 10.1. The molecular weight excluding hydrogens is 260 g/mol. The Balaban J connectivity index is 1.93. The van der Waals surface area contributed by atoms with E-state index >= 15 is 0 Å². The van der Waals surface area contributed by atoms with Gasteiger partial charge >= 0.3 is 0 Å². The monoisotopic (exact) mass is 274 g/mol. The van der Waals surface area contributed by atoms with Crippen LogP contribution in [0.15, 0.2) is 48.7 Å². The fraction of sp³-hybridized carbons (Fsp3) is 0.200. The molecule has 98 valence electrons. The van der Waals surface area contributed by atoms with Gasteiger partial charge in [-0.1, -0.05) is 36.4 Å². The molecule has 0 fully saturated rings. The van der Waals surface area contributed by atoms with Crippen LogP contribution >= 0.6 is 11.6 Å².